The molecule has 2 atom stereocenters. The highest BCUT2D eigenvalue weighted by molar-refractivity contribution is 5.88. The van der Waals surface area contributed by atoms with Crippen LogP contribution in [0.25, 0.3) is 0 Å². The number of ether oxygens (including phenoxy) is 1. The Morgan fingerprint density at radius 3 is 2.29 bits per heavy atom. The van der Waals surface area contributed by atoms with Crippen LogP contribution in [0.15, 0.2) is 30.3 Å². The van der Waals surface area contributed by atoms with Gasteiger partial charge in [-0.1, -0.05) is 30.3 Å². The first-order chi connectivity index (χ1) is 8.06. The Balaban J connectivity index is 2.62. The Hall–Kier alpha value is -1.84. The third kappa shape index (κ3) is 3.59. The maximum Gasteiger partial charge on any atom is 0.328 e. The molecule has 1 aromatic carbocycles. The van der Waals surface area contributed by atoms with E-state index in [1.54, 1.807) is 13.8 Å². The maximum atomic E-state index is 11.9. The Bertz CT molecular complexity index is 389. The summed E-state index contributed by atoms with van der Waals surface area (Å²) in [6.07, 6.45) is 0. The smallest absolute Gasteiger partial charge is 0.328 e. The molecule has 1 aromatic rings. The molecule has 0 saturated carbocycles. The van der Waals surface area contributed by atoms with Crippen molar-refractivity contribution in [2.75, 3.05) is 7.11 Å². The van der Waals surface area contributed by atoms with Gasteiger partial charge in [0.1, 0.15) is 6.04 Å². The van der Waals surface area contributed by atoms with Crippen LogP contribution in [0.4, 0.5) is 0 Å². The van der Waals surface area contributed by atoms with Gasteiger partial charge in [-0.25, -0.2) is 4.79 Å². The van der Waals surface area contributed by atoms with Gasteiger partial charge >= 0.3 is 5.97 Å². The van der Waals surface area contributed by atoms with Crippen LogP contribution in [-0.4, -0.2) is 25.0 Å². The molecule has 4 nitrogen and oxygen atoms in total. The number of benzene rings is 1. The van der Waals surface area contributed by atoms with Crippen molar-refractivity contribution in [3.05, 3.63) is 35.9 Å². The van der Waals surface area contributed by atoms with Crippen LogP contribution < -0.4 is 5.32 Å². The average Bonchev–Trinajstić information content (AvgIpc) is 2.37. The van der Waals surface area contributed by atoms with Crippen LogP contribution >= 0.6 is 0 Å². The fourth-order valence-corrected chi connectivity index (χ4v) is 1.47. The lowest BCUT2D eigenvalue weighted by Gasteiger charge is -2.16. The molecule has 0 heterocycles. The van der Waals surface area contributed by atoms with Crippen LogP contribution in [0.1, 0.15) is 25.3 Å². The Morgan fingerprint density at radius 2 is 1.76 bits per heavy atom. The minimum Gasteiger partial charge on any atom is -0.467 e. The number of amides is 1. The third-order valence-electron chi connectivity index (χ3n) is 2.61. The van der Waals surface area contributed by atoms with Gasteiger partial charge in [-0.15, -0.1) is 0 Å². The molecule has 0 saturated heterocycles. The summed E-state index contributed by atoms with van der Waals surface area (Å²) < 4.78 is 4.54. The van der Waals surface area contributed by atoms with Gasteiger partial charge < -0.3 is 10.1 Å². The number of esters is 1. The first kappa shape index (κ1) is 13.2. The zero-order valence-corrected chi connectivity index (χ0v) is 10.3. The molecule has 1 N–H and O–H groups in total. The summed E-state index contributed by atoms with van der Waals surface area (Å²) in [5.41, 5.74) is 0.919. The monoisotopic (exact) mass is 235 g/mol. The van der Waals surface area contributed by atoms with Crippen LogP contribution in [0.5, 0.6) is 0 Å². The number of methoxy groups -OCH3 is 1. The molecule has 1 rings (SSSR count). The summed E-state index contributed by atoms with van der Waals surface area (Å²) in [5.74, 6) is -0.920. The molecule has 0 spiro atoms. The highest BCUT2D eigenvalue weighted by Gasteiger charge is 2.20. The highest BCUT2D eigenvalue weighted by Crippen LogP contribution is 2.14. The fraction of sp³-hybridized carbons (Fsp3) is 0.385. The van der Waals surface area contributed by atoms with E-state index >= 15 is 0 Å². The zero-order chi connectivity index (χ0) is 12.8. The van der Waals surface area contributed by atoms with Crippen molar-refractivity contribution >= 4 is 11.9 Å². The lowest BCUT2D eigenvalue weighted by atomic mass is 10.0. The topological polar surface area (TPSA) is 55.4 Å². The molecule has 1 amide bonds. The van der Waals surface area contributed by atoms with Crippen molar-refractivity contribution < 1.29 is 14.3 Å². The zero-order valence-electron chi connectivity index (χ0n) is 10.3. The molecule has 4 heteroatoms. The van der Waals surface area contributed by atoms with Gasteiger partial charge in [0, 0.05) is 0 Å². The first-order valence-electron chi connectivity index (χ1n) is 5.49. The minimum absolute atomic E-state index is 0.186. The molecule has 0 aromatic heterocycles. The average molecular weight is 235 g/mol. The van der Waals surface area contributed by atoms with E-state index in [1.807, 2.05) is 30.3 Å². The van der Waals surface area contributed by atoms with Gasteiger partial charge in [0.15, 0.2) is 0 Å². The fourth-order valence-electron chi connectivity index (χ4n) is 1.47. The predicted molar refractivity (Wildman–Crippen MR) is 64.5 cm³/mol. The lowest BCUT2D eigenvalue weighted by Crippen LogP contribution is -2.41. The number of rotatable bonds is 4. The minimum atomic E-state index is -0.626. The summed E-state index contributed by atoms with van der Waals surface area (Å²) in [5, 5.41) is 2.62. The van der Waals surface area contributed by atoms with E-state index in [9.17, 15) is 9.59 Å². The Kier molecular flexibility index (Phi) is 4.69. The van der Waals surface area contributed by atoms with Gasteiger partial charge in [0.25, 0.3) is 0 Å². The number of nitrogens with one attached hydrogen (secondary N) is 1. The largest absolute Gasteiger partial charge is 0.467 e. The van der Waals surface area contributed by atoms with Gasteiger partial charge in [-0.3, -0.25) is 4.79 Å². The van der Waals surface area contributed by atoms with E-state index in [1.165, 1.54) is 7.11 Å². The van der Waals surface area contributed by atoms with Crippen molar-refractivity contribution in [2.24, 2.45) is 0 Å². The molecule has 0 aliphatic rings. The van der Waals surface area contributed by atoms with E-state index < -0.39 is 12.0 Å². The van der Waals surface area contributed by atoms with Gasteiger partial charge in [-0.2, -0.15) is 0 Å². The molecule has 0 fully saturated rings. The van der Waals surface area contributed by atoms with Crippen molar-refractivity contribution in [3.8, 4) is 0 Å². The van der Waals surface area contributed by atoms with E-state index in [2.05, 4.69) is 10.1 Å². The number of hydrogen-bond acceptors (Lipinski definition) is 3. The van der Waals surface area contributed by atoms with Crippen LogP contribution in [0.3, 0.4) is 0 Å². The summed E-state index contributed by atoms with van der Waals surface area (Å²) >= 11 is 0. The van der Waals surface area contributed by atoms with Crippen LogP contribution in [0.2, 0.25) is 0 Å². The van der Waals surface area contributed by atoms with Crippen LogP contribution in [0, 0.1) is 0 Å². The van der Waals surface area contributed by atoms with Crippen molar-refractivity contribution in [3.63, 3.8) is 0 Å². The molecule has 0 aliphatic heterocycles. The SMILES string of the molecule is COC(=O)[C@@H](C)NC(=O)[C@H](C)c1ccccc1. The van der Waals surface area contributed by atoms with E-state index in [-0.39, 0.29) is 11.8 Å². The number of carbonyl (C=O) groups excluding carboxylic acids is 2. The summed E-state index contributed by atoms with van der Waals surface area (Å²) in [7, 11) is 1.30. The maximum absolute atomic E-state index is 11.9. The summed E-state index contributed by atoms with van der Waals surface area (Å²) in [6.45, 7) is 3.40. The second kappa shape index (κ2) is 6.03. The number of hydrogen-bond donors (Lipinski definition) is 1. The molecule has 0 unspecified atom stereocenters. The van der Waals surface area contributed by atoms with Gasteiger partial charge in [0.2, 0.25) is 5.91 Å². The van der Waals surface area contributed by atoms with Crippen LogP contribution in [-0.2, 0) is 14.3 Å². The van der Waals surface area contributed by atoms with Crippen molar-refractivity contribution in [2.45, 2.75) is 25.8 Å². The number of carbonyl (C=O) groups is 2. The van der Waals surface area contributed by atoms with Gasteiger partial charge in [0.05, 0.1) is 13.0 Å². The second-order valence-corrected chi connectivity index (χ2v) is 3.89. The standard InChI is InChI=1S/C13H17NO3/c1-9(11-7-5-4-6-8-11)12(15)14-10(2)13(16)17-3/h4-10H,1-3H3,(H,14,15)/t9-,10-/m1/s1. The predicted octanol–water partition coefficient (Wildman–Crippen LogP) is 1.47. The second-order valence-electron chi connectivity index (χ2n) is 3.89. The molecule has 0 radical (unpaired) electrons. The van der Waals surface area contributed by atoms with E-state index in [0.717, 1.165) is 5.56 Å². The first-order valence-corrected chi connectivity index (χ1v) is 5.49. The molecule has 17 heavy (non-hydrogen) atoms. The molecular formula is C13H17NO3. The third-order valence-corrected chi connectivity index (χ3v) is 2.61. The molecule has 0 bridgehead atoms. The Morgan fingerprint density at radius 1 is 1.18 bits per heavy atom. The van der Waals surface area contributed by atoms with E-state index in [4.69, 9.17) is 0 Å². The Labute approximate surface area is 101 Å². The van der Waals surface area contributed by atoms with Crippen molar-refractivity contribution in [1.29, 1.82) is 0 Å². The normalized spacial score (nSPS) is 13.6. The summed E-state index contributed by atoms with van der Waals surface area (Å²) in [4.78, 5) is 23.0. The molecule has 92 valence electrons. The summed E-state index contributed by atoms with van der Waals surface area (Å²) in [6, 6.07) is 8.79. The molecular weight excluding hydrogens is 218 g/mol. The van der Waals surface area contributed by atoms with Gasteiger partial charge in [-0.05, 0) is 19.4 Å². The molecule has 0 aliphatic carbocycles. The highest BCUT2D eigenvalue weighted by atomic mass is 16.5. The lowest BCUT2D eigenvalue weighted by molar-refractivity contribution is -0.144. The van der Waals surface area contributed by atoms with E-state index in [0.29, 0.717) is 0 Å². The quantitative estimate of drug-likeness (QED) is 0.804. The van der Waals surface area contributed by atoms with Crippen molar-refractivity contribution in [1.82, 2.24) is 5.32 Å².